The van der Waals surface area contributed by atoms with Crippen LogP contribution in [0.15, 0.2) is 47.4 Å². The van der Waals surface area contributed by atoms with Crippen LogP contribution in [0.4, 0.5) is 5.69 Å². The van der Waals surface area contributed by atoms with E-state index in [4.69, 9.17) is 4.74 Å². The zero-order valence-electron chi connectivity index (χ0n) is 17.2. The number of hydrogen-bond acceptors (Lipinski definition) is 5. The van der Waals surface area contributed by atoms with Crippen molar-refractivity contribution < 1.29 is 23.1 Å². The second-order valence-electron chi connectivity index (χ2n) is 7.45. The maximum absolute atomic E-state index is 12.8. The smallest absolute Gasteiger partial charge is 0.265 e. The molecule has 0 bridgehead atoms. The van der Waals surface area contributed by atoms with E-state index < -0.39 is 15.6 Å². The Morgan fingerprint density at radius 1 is 1.14 bits per heavy atom. The van der Waals surface area contributed by atoms with E-state index in [9.17, 15) is 18.3 Å². The summed E-state index contributed by atoms with van der Waals surface area (Å²) < 4.78 is 33.6. The topological polar surface area (TPSA) is 105 Å². The molecule has 29 heavy (non-hydrogen) atoms. The minimum absolute atomic E-state index is 0.0778. The summed E-state index contributed by atoms with van der Waals surface area (Å²) in [5, 5.41) is 12.0. The fraction of sp³-hybridized carbons (Fsp3) is 0.381. The summed E-state index contributed by atoms with van der Waals surface area (Å²) in [4.78, 5) is 12.1. The van der Waals surface area contributed by atoms with Gasteiger partial charge in [0.25, 0.3) is 10.0 Å². The van der Waals surface area contributed by atoms with Gasteiger partial charge in [0.15, 0.2) is 0 Å². The number of aliphatic hydroxyl groups excluding tert-OH is 1. The van der Waals surface area contributed by atoms with Crippen LogP contribution in [-0.2, 0) is 21.2 Å². The number of rotatable bonds is 9. The molecule has 0 spiro atoms. The highest BCUT2D eigenvalue weighted by molar-refractivity contribution is 7.92. The van der Waals surface area contributed by atoms with Gasteiger partial charge in [-0.05, 0) is 63.1 Å². The zero-order chi connectivity index (χ0) is 21.7. The van der Waals surface area contributed by atoms with Crippen molar-refractivity contribution in [2.45, 2.75) is 44.6 Å². The molecule has 2 aromatic carbocycles. The molecule has 0 radical (unpaired) electrons. The Bertz CT molecular complexity index is 954. The van der Waals surface area contributed by atoms with Crippen molar-refractivity contribution in [3.05, 3.63) is 53.6 Å². The van der Waals surface area contributed by atoms with Gasteiger partial charge < -0.3 is 15.2 Å². The molecule has 8 heteroatoms. The van der Waals surface area contributed by atoms with Crippen LogP contribution in [0, 0.1) is 6.92 Å². The third-order valence-electron chi connectivity index (χ3n) is 4.13. The quantitative estimate of drug-likeness (QED) is 0.578. The highest BCUT2D eigenvalue weighted by Crippen LogP contribution is 2.27. The Kier molecular flexibility index (Phi) is 7.26. The van der Waals surface area contributed by atoms with Crippen molar-refractivity contribution >= 4 is 21.6 Å². The third-order valence-corrected chi connectivity index (χ3v) is 5.53. The molecule has 0 saturated carbocycles. The lowest BCUT2D eigenvalue weighted by Crippen LogP contribution is -2.46. The molecule has 0 aliphatic heterocycles. The van der Waals surface area contributed by atoms with E-state index in [2.05, 4.69) is 10.0 Å². The number of carbonyl (C=O) groups excluding carboxylic acids is 1. The molecule has 0 atom stereocenters. The monoisotopic (exact) mass is 420 g/mol. The van der Waals surface area contributed by atoms with Gasteiger partial charge in [0, 0.05) is 5.69 Å². The first-order valence-corrected chi connectivity index (χ1v) is 10.8. The molecular formula is C21H28N2O5S. The summed E-state index contributed by atoms with van der Waals surface area (Å²) in [6, 6.07) is 11.6. The van der Waals surface area contributed by atoms with Crippen LogP contribution in [0.25, 0.3) is 0 Å². The predicted molar refractivity (Wildman–Crippen MR) is 113 cm³/mol. The molecule has 0 saturated heterocycles. The van der Waals surface area contributed by atoms with E-state index in [0.29, 0.717) is 18.0 Å². The summed E-state index contributed by atoms with van der Waals surface area (Å²) in [5.74, 6) is 0.0730. The van der Waals surface area contributed by atoms with Gasteiger partial charge in [-0.25, -0.2) is 8.42 Å². The van der Waals surface area contributed by atoms with E-state index in [0.717, 1.165) is 11.1 Å². The summed E-state index contributed by atoms with van der Waals surface area (Å²) in [6.07, 6.45) is 0.128. The Morgan fingerprint density at radius 2 is 1.79 bits per heavy atom. The largest absolute Gasteiger partial charge is 0.492 e. The number of hydrogen-bond donors (Lipinski definition) is 3. The van der Waals surface area contributed by atoms with Gasteiger partial charge in [0.2, 0.25) is 5.91 Å². The van der Waals surface area contributed by atoms with Gasteiger partial charge in [-0.1, -0.05) is 18.2 Å². The molecule has 7 nitrogen and oxygen atoms in total. The highest BCUT2D eigenvalue weighted by atomic mass is 32.2. The average Bonchev–Trinajstić information content (AvgIpc) is 2.64. The van der Waals surface area contributed by atoms with Crippen LogP contribution >= 0.6 is 0 Å². The van der Waals surface area contributed by atoms with Crippen molar-refractivity contribution in [3.63, 3.8) is 0 Å². The van der Waals surface area contributed by atoms with Gasteiger partial charge >= 0.3 is 0 Å². The molecule has 0 unspecified atom stereocenters. The minimum Gasteiger partial charge on any atom is -0.492 e. The van der Waals surface area contributed by atoms with E-state index in [1.807, 2.05) is 6.92 Å². The lowest BCUT2D eigenvalue weighted by atomic mass is 10.1. The van der Waals surface area contributed by atoms with Crippen LogP contribution in [0.5, 0.6) is 5.75 Å². The fourth-order valence-corrected chi connectivity index (χ4v) is 3.94. The molecule has 2 aromatic rings. The van der Waals surface area contributed by atoms with Crippen LogP contribution in [0.3, 0.4) is 0 Å². The van der Waals surface area contributed by atoms with Crippen molar-refractivity contribution in [2.24, 2.45) is 0 Å². The summed E-state index contributed by atoms with van der Waals surface area (Å²) >= 11 is 0. The third kappa shape index (κ3) is 6.47. The summed E-state index contributed by atoms with van der Waals surface area (Å²) in [7, 11) is -3.83. The molecule has 3 N–H and O–H groups in total. The van der Waals surface area contributed by atoms with Gasteiger partial charge in [-0.2, -0.15) is 0 Å². The van der Waals surface area contributed by atoms with Gasteiger partial charge in [0.1, 0.15) is 10.6 Å². The molecule has 0 heterocycles. The van der Waals surface area contributed by atoms with Crippen LogP contribution in [0.1, 0.15) is 31.9 Å². The number of sulfonamides is 1. The van der Waals surface area contributed by atoms with Crippen LogP contribution < -0.4 is 14.8 Å². The number of ether oxygens (including phenoxy) is 1. The molecule has 0 fully saturated rings. The number of carbonyl (C=O) groups is 1. The number of aliphatic hydroxyl groups is 1. The predicted octanol–water partition coefficient (Wildman–Crippen LogP) is 2.62. The van der Waals surface area contributed by atoms with Gasteiger partial charge in [0.05, 0.1) is 25.2 Å². The normalized spacial score (nSPS) is 11.8. The van der Waals surface area contributed by atoms with E-state index in [1.165, 1.54) is 0 Å². The molecular weight excluding hydrogens is 392 g/mol. The summed E-state index contributed by atoms with van der Waals surface area (Å²) in [6.45, 7) is 7.25. The standard InChI is InChI=1S/C21H28N2O5S/c1-5-28-18-11-6-15(2)12-19(18)29(26,27)23-17-9-7-16(8-10-17)13-20(25)22-21(3,4)14-24/h6-12,23-24H,5,13-14H2,1-4H3,(H,22,25). The van der Waals surface area contributed by atoms with Crippen molar-refractivity contribution in [2.75, 3.05) is 17.9 Å². The number of benzene rings is 2. The van der Waals surface area contributed by atoms with E-state index >= 15 is 0 Å². The molecule has 1 amide bonds. The molecule has 158 valence electrons. The van der Waals surface area contributed by atoms with E-state index in [1.54, 1.807) is 63.2 Å². The van der Waals surface area contributed by atoms with Crippen molar-refractivity contribution in [3.8, 4) is 5.75 Å². The Morgan fingerprint density at radius 3 is 2.38 bits per heavy atom. The number of aryl methyl sites for hydroxylation is 1. The number of anilines is 1. The maximum Gasteiger partial charge on any atom is 0.265 e. The maximum atomic E-state index is 12.8. The second kappa shape index (κ2) is 9.28. The Hall–Kier alpha value is -2.58. The van der Waals surface area contributed by atoms with Crippen molar-refractivity contribution in [1.29, 1.82) is 0 Å². The molecule has 0 aliphatic rings. The van der Waals surface area contributed by atoms with Gasteiger partial charge in [-0.3, -0.25) is 9.52 Å². The first kappa shape index (κ1) is 22.7. The Labute approximate surface area is 172 Å². The van der Waals surface area contributed by atoms with Crippen LogP contribution in [-0.4, -0.2) is 38.2 Å². The lowest BCUT2D eigenvalue weighted by Gasteiger charge is -2.23. The van der Waals surface area contributed by atoms with Crippen LogP contribution in [0.2, 0.25) is 0 Å². The fourth-order valence-electron chi connectivity index (χ4n) is 2.65. The molecule has 2 rings (SSSR count). The van der Waals surface area contributed by atoms with Gasteiger partial charge in [-0.15, -0.1) is 0 Å². The first-order valence-electron chi connectivity index (χ1n) is 9.33. The minimum atomic E-state index is -3.83. The SMILES string of the molecule is CCOc1ccc(C)cc1S(=O)(=O)Nc1ccc(CC(=O)NC(C)(C)CO)cc1. The molecule has 0 aromatic heterocycles. The second-order valence-corrected chi connectivity index (χ2v) is 9.10. The average molecular weight is 421 g/mol. The van der Waals surface area contributed by atoms with Crippen molar-refractivity contribution in [1.82, 2.24) is 5.32 Å². The zero-order valence-corrected chi connectivity index (χ0v) is 18.0. The number of amides is 1. The highest BCUT2D eigenvalue weighted by Gasteiger charge is 2.21. The van der Waals surface area contributed by atoms with E-state index in [-0.39, 0.29) is 23.8 Å². The first-order chi connectivity index (χ1) is 13.6. The molecule has 0 aliphatic carbocycles. The summed E-state index contributed by atoms with van der Waals surface area (Å²) in [5.41, 5.74) is 1.22. The Balaban J connectivity index is 2.13. The number of nitrogens with one attached hydrogen (secondary N) is 2. The lowest BCUT2D eigenvalue weighted by molar-refractivity contribution is -0.122.